The highest BCUT2D eigenvalue weighted by Gasteiger charge is 2.30. The van der Waals surface area contributed by atoms with Crippen molar-refractivity contribution in [3.05, 3.63) is 0 Å². The Bertz CT molecular complexity index is 343. The molecule has 2 rings (SSSR count). The number of hydrogen-bond acceptors (Lipinski definition) is 3. The maximum absolute atomic E-state index is 12.5. The number of piperidine rings is 1. The minimum absolute atomic E-state index is 0.128. The van der Waals surface area contributed by atoms with E-state index in [1.165, 1.54) is 6.42 Å². The number of likely N-dealkylation sites (tertiary alicyclic amines) is 1. The Labute approximate surface area is 121 Å². The molecule has 114 valence electrons. The molecule has 2 aliphatic heterocycles. The Balaban J connectivity index is 1.77. The van der Waals surface area contributed by atoms with Crippen LogP contribution in [0.1, 0.15) is 33.1 Å². The first-order valence-electron chi connectivity index (χ1n) is 7.88. The Hall–Kier alpha value is -1.10. The maximum atomic E-state index is 12.5. The molecule has 20 heavy (non-hydrogen) atoms. The van der Waals surface area contributed by atoms with Gasteiger partial charge in [0.05, 0.1) is 0 Å². The fourth-order valence-electron chi connectivity index (χ4n) is 3.21. The van der Waals surface area contributed by atoms with Gasteiger partial charge in [-0.3, -0.25) is 14.5 Å². The fraction of sp³-hybridized carbons (Fsp3) is 0.867. The van der Waals surface area contributed by atoms with Crippen molar-refractivity contribution in [2.45, 2.75) is 33.1 Å². The van der Waals surface area contributed by atoms with Gasteiger partial charge in [0.1, 0.15) is 0 Å². The Morgan fingerprint density at radius 1 is 0.950 bits per heavy atom. The molecule has 2 saturated heterocycles. The summed E-state index contributed by atoms with van der Waals surface area (Å²) in [5, 5.41) is 0. The second kappa shape index (κ2) is 7.07. The smallest absolute Gasteiger partial charge is 0.225 e. The summed E-state index contributed by atoms with van der Waals surface area (Å²) in [6.07, 6.45) is 2.83. The van der Waals surface area contributed by atoms with Crippen molar-refractivity contribution >= 4 is 11.8 Å². The zero-order valence-electron chi connectivity index (χ0n) is 12.8. The third-order valence-electron chi connectivity index (χ3n) is 4.51. The SMILES string of the molecule is CCCN1CCN(C(=O)C2CCN(C(C)=O)CC2)CC1. The number of piperazine rings is 1. The number of hydrogen-bond donors (Lipinski definition) is 0. The summed E-state index contributed by atoms with van der Waals surface area (Å²) in [7, 11) is 0. The molecule has 0 bridgehead atoms. The van der Waals surface area contributed by atoms with Crippen LogP contribution in [0.5, 0.6) is 0 Å². The van der Waals surface area contributed by atoms with Gasteiger partial charge >= 0.3 is 0 Å². The summed E-state index contributed by atoms with van der Waals surface area (Å²) < 4.78 is 0. The number of carbonyl (C=O) groups excluding carboxylic acids is 2. The molecule has 2 heterocycles. The van der Waals surface area contributed by atoms with Crippen LogP contribution in [-0.2, 0) is 9.59 Å². The molecule has 0 radical (unpaired) electrons. The molecule has 2 aliphatic rings. The largest absolute Gasteiger partial charge is 0.343 e. The number of nitrogens with zero attached hydrogens (tertiary/aromatic N) is 3. The molecular weight excluding hydrogens is 254 g/mol. The molecule has 0 aromatic rings. The van der Waals surface area contributed by atoms with Crippen LogP contribution in [0.25, 0.3) is 0 Å². The zero-order valence-corrected chi connectivity index (χ0v) is 12.8. The van der Waals surface area contributed by atoms with E-state index in [-0.39, 0.29) is 11.8 Å². The van der Waals surface area contributed by atoms with Crippen LogP contribution in [0.2, 0.25) is 0 Å². The van der Waals surface area contributed by atoms with Gasteiger partial charge in [-0.05, 0) is 25.8 Å². The third-order valence-corrected chi connectivity index (χ3v) is 4.51. The number of amides is 2. The lowest BCUT2D eigenvalue weighted by molar-refractivity contribution is -0.141. The van der Waals surface area contributed by atoms with E-state index >= 15 is 0 Å². The summed E-state index contributed by atoms with van der Waals surface area (Å²) in [5.74, 6) is 0.566. The summed E-state index contributed by atoms with van der Waals surface area (Å²) in [4.78, 5) is 30.1. The molecule has 0 spiro atoms. The molecular formula is C15H27N3O2. The van der Waals surface area contributed by atoms with Crippen molar-refractivity contribution in [1.82, 2.24) is 14.7 Å². The highest BCUT2D eigenvalue weighted by atomic mass is 16.2. The highest BCUT2D eigenvalue weighted by molar-refractivity contribution is 5.79. The lowest BCUT2D eigenvalue weighted by Crippen LogP contribution is -2.51. The summed E-state index contributed by atoms with van der Waals surface area (Å²) in [6.45, 7) is 10.2. The van der Waals surface area contributed by atoms with Crippen molar-refractivity contribution in [2.75, 3.05) is 45.8 Å². The van der Waals surface area contributed by atoms with E-state index in [0.717, 1.165) is 58.7 Å². The van der Waals surface area contributed by atoms with Crippen LogP contribution in [0, 0.1) is 5.92 Å². The monoisotopic (exact) mass is 281 g/mol. The molecule has 0 atom stereocenters. The highest BCUT2D eigenvalue weighted by Crippen LogP contribution is 2.20. The van der Waals surface area contributed by atoms with Crippen molar-refractivity contribution in [1.29, 1.82) is 0 Å². The Kier molecular flexibility index (Phi) is 5.40. The number of carbonyl (C=O) groups is 2. The zero-order chi connectivity index (χ0) is 14.5. The summed E-state index contributed by atoms with van der Waals surface area (Å²) in [5.41, 5.74) is 0. The van der Waals surface area contributed by atoms with E-state index < -0.39 is 0 Å². The van der Waals surface area contributed by atoms with Crippen LogP contribution in [0.3, 0.4) is 0 Å². The average Bonchev–Trinajstić information content (AvgIpc) is 2.48. The van der Waals surface area contributed by atoms with Gasteiger partial charge in [0.2, 0.25) is 11.8 Å². The predicted octanol–water partition coefficient (Wildman–Crippen LogP) is 0.799. The summed E-state index contributed by atoms with van der Waals surface area (Å²) in [6, 6.07) is 0. The van der Waals surface area contributed by atoms with E-state index in [0.29, 0.717) is 5.91 Å². The van der Waals surface area contributed by atoms with E-state index in [9.17, 15) is 9.59 Å². The molecule has 2 amide bonds. The Morgan fingerprint density at radius 2 is 1.55 bits per heavy atom. The van der Waals surface area contributed by atoms with Crippen molar-refractivity contribution in [2.24, 2.45) is 5.92 Å². The normalized spacial score (nSPS) is 22.1. The van der Waals surface area contributed by atoms with Gasteiger partial charge in [0, 0.05) is 52.1 Å². The lowest BCUT2D eigenvalue weighted by atomic mass is 9.95. The molecule has 5 heteroatoms. The van der Waals surface area contributed by atoms with Crippen LogP contribution < -0.4 is 0 Å². The van der Waals surface area contributed by atoms with Gasteiger partial charge < -0.3 is 9.80 Å². The predicted molar refractivity (Wildman–Crippen MR) is 78.3 cm³/mol. The van der Waals surface area contributed by atoms with Gasteiger partial charge in [-0.2, -0.15) is 0 Å². The third kappa shape index (κ3) is 3.72. The summed E-state index contributed by atoms with van der Waals surface area (Å²) >= 11 is 0. The van der Waals surface area contributed by atoms with Gasteiger partial charge in [0.15, 0.2) is 0 Å². The lowest BCUT2D eigenvalue weighted by Gasteiger charge is -2.38. The van der Waals surface area contributed by atoms with Crippen molar-refractivity contribution in [3.8, 4) is 0 Å². The first-order chi connectivity index (χ1) is 9.61. The molecule has 2 fully saturated rings. The quantitative estimate of drug-likeness (QED) is 0.768. The first kappa shape index (κ1) is 15.3. The minimum atomic E-state index is 0.128. The maximum Gasteiger partial charge on any atom is 0.225 e. The molecule has 0 unspecified atom stereocenters. The van der Waals surface area contributed by atoms with Crippen LogP contribution >= 0.6 is 0 Å². The topological polar surface area (TPSA) is 43.9 Å². The van der Waals surface area contributed by atoms with Crippen LogP contribution in [0.15, 0.2) is 0 Å². The first-order valence-corrected chi connectivity index (χ1v) is 7.88. The second-order valence-corrected chi connectivity index (χ2v) is 5.95. The van der Waals surface area contributed by atoms with Crippen LogP contribution in [0.4, 0.5) is 0 Å². The second-order valence-electron chi connectivity index (χ2n) is 5.95. The fourth-order valence-corrected chi connectivity index (χ4v) is 3.21. The van der Waals surface area contributed by atoms with Crippen molar-refractivity contribution in [3.63, 3.8) is 0 Å². The van der Waals surface area contributed by atoms with E-state index in [2.05, 4.69) is 11.8 Å². The van der Waals surface area contributed by atoms with Gasteiger partial charge in [-0.25, -0.2) is 0 Å². The molecule has 0 N–H and O–H groups in total. The molecule has 0 aromatic carbocycles. The van der Waals surface area contributed by atoms with Crippen LogP contribution in [-0.4, -0.2) is 72.3 Å². The molecule has 0 aromatic heterocycles. The van der Waals surface area contributed by atoms with Gasteiger partial charge in [-0.1, -0.05) is 6.92 Å². The molecule has 0 saturated carbocycles. The Morgan fingerprint density at radius 3 is 2.05 bits per heavy atom. The van der Waals surface area contributed by atoms with Gasteiger partial charge in [-0.15, -0.1) is 0 Å². The minimum Gasteiger partial charge on any atom is -0.343 e. The standard InChI is InChI=1S/C15H27N3O2/c1-3-6-16-9-11-18(12-10-16)15(20)14-4-7-17(8-5-14)13(2)19/h14H,3-12H2,1-2H3. The molecule has 0 aliphatic carbocycles. The van der Waals surface area contributed by atoms with E-state index in [1.807, 2.05) is 9.80 Å². The number of rotatable bonds is 3. The van der Waals surface area contributed by atoms with Crippen molar-refractivity contribution < 1.29 is 9.59 Å². The van der Waals surface area contributed by atoms with E-state index in [4.69, 9.17) is 0 Å². The van der Waals surface area contributed by atoms with Gasteiger partial charge in [0.25, 0.3) is 0 Å². The average molecular weight is 281 g/mol. The van der Waals surface area contributed by atoms with E-state index in [1.54, 1.807) is 6.92 Å². The molecule has 5 nitrogen and oxygen atoms in total.